The summed E-state index contributed by atoms with van der Waals surface area (Å²) in [5.41, 5.74) is 0.701. The Bertz CT molecular complexity index is 697. The zero-order valence-corrected chi connectivity index (χ0v) is 12.1. The number of amides is 2. The summed E-state index contributed by atoms with van der Waals surface area (Å²) in [5, 5.41) is 13.5. The van der Waals surface area contributed by atoms with Crippen molar-refractivity contribution in [3.05, 3.63) is 48.0 Å². The van der Waals surface area contributed by atoms with Gasteiger partial charge in [0.25, 0.3) is 0 Å². The Morgan fingerprint density at radius 1 is 1.27 bits per heavy atom. The molecule has 2 amide bonds. The molecule has 1 aliphatic heterocycles. The number of hydrogen-bond acceptors (Lipinski definition) is 5. The predicted octanol–water partition coefficient (Wildman–Crippen LogP) is 0.860. The van der Waals surface area contributed by atoms with Crippen LogP contribution in [0.15, 0.2) is 42.0 Å². The highest BCUT2D eigenvalue weighted by molar-refractivity contribution is 7.80. The minimum atomic E-state index is -1.04. The Kier molecular flexibility index (Phi) is 4.42. The van der Waals surface area contributed by atoms with Crippen LogP contribution in [0.2, 0.25) is 0 Å². The number of hydrazone groups is 1. The fraction of sp³-hybridized carbons (Fsp3) is 0.0714. The molecule has 1 aromatic carbocycles. The van der Waals surface area contributed by atoms with Gasteiger partial charge in [0.05, 0.1) is 11.8 Å². The Labute approximate surface area is 131 Å². The second-order valence-corrected chi connectivity index (χ2v) is 4.64. The van der Waals surface area contributed by atoms with Crippen molar-refractivity contribution in [2.75, 3.05) is 6.54 Å². The monoisotopic (exact) mass is 317 g/mol. The van der Waals surface area contributed by atoms with Crippen LogP contribution in [-0.4, -0.2) is 50.7 Å². The van der Waals surface area contributed by atoms with Crippen molar-refractivity contribution >= 4 is 41.3 Å². The number of carboxylic acid groups (broad SMARTS) is 1. The molecule has 1 aliphatic rings. The highest BCUT2D eigenvalue weighted by atomic mass is 32.1. The van der Waals surface area contributed by atoms with E-state index in [0.29, 0.717) is 5.56 Å². The molecule has 0 aromatic heterocycles. The van der Waals surface area contributed by atoms with Crippen LogP contribution in [0.1, 0.15) is 15.9 Å². The van der Waals surface area contributed by atoms with E-state index in [1.165, 1.54) is 36.6 Å². The van der Waals surface area contributed by atoms with Crippen molar-refractivity contribution in [2.45, 2.75) is 0 Å². The van der Waals surface area contributed by atoms with Gasteiger partial charge in [0, 0.05) is 6.54 Å². The third kappa shape index (κ3) is 2.91. The highest BCUT2D eigenvalue weighted by Gasteiger charge is 2.41. The maximum atomic E-state index is 11.8. The lowest BCUT2D eigenvalue weighted by atomic mass is 10.1. The zero-order chi connectivity index (χ0) is 16.3. The van der Waals surface area contributed by atoms with E-state index >= 15 is 0 Å². The molecule has 1 heterocycles. The SMILES string of the molecule is C=CCN1C(=O)C(=O)N(/N=C/c2ccc(C(=O)O)cc2)C1=S. The van der Waals surface area contributed by atoms with Gasteiger partial charge in [0.15, 0.2) is 0 Å². The molecule has 1 saturated heterocycles. The fourth-order valence-corrected chi connectivity index (χ4v) is 2.01. The lowest BCUT2D eigenvalue weighted by molar-refractivity contribution is -0.143. The van der Waals surface area contributed by atoms with Gasteiger partial charge < -0.3 is 5.11 Å². The molecular weight excluding hydrogens is 306 g/mol. The first-order valence-electron chi connectivity index (χ1n) is 6.14. The number of carbonyl (C=O) groups excluding carboxylic acids is 2. The fourth-order valence-electron chi connectivity index (χ4n) is 1.72. The molecule has 1 N–H and O–H groups in total. The Morgan fingerprint density at radius 2 is 1.91 bits per heavy atom. The van der Waals surface area contributed by atoms with E-state index in [2.05, 4.69) is 11.7 Å². The average Bonchev–Trinajstić information content (AvgIpc) is 2.70. The third-order valence-corrected chi connectivity index (χ3v) is 3.22. The number of hydrogen-bond donors (Lipinski definition) is 1. The Hall–Kier alpha value is -2.87. The lowest BCUT2D eigenvalue weighted by Crippen LogP contribution is -2.31. The van der Waals surface area contributed by atoms with Crippen molar-refractivity contribution in [1.29, 1.82) is 0 Å². The molecule has 8 heteroatoms. The van der Waals surface area contributed by atoms with E-state index < -0.39 is 17.8 Å². The van der Waals surface area contributed by atoms with E-state index in [9.17, 15) is 14.4 Å². The van der Waals surface area contributed by atoms with Crippen molar-refractivity contribution < 1.29 is 19.5 Å². The number of carbonyl (C=O) groups is 3. The normalized spacial score (nSPS) is 15.0. The van der Waals surface area contributed by atoms with Crippen LogP contribution in [-0.2, 0) is 9.59 Å². The summed E-state index contributed by atoms with van der Waals surface area (Å²) in [5.74, 6) is -2.64. The summed E-state index contributed by atoms with van der Waals surface area (Å²) >= 11 is 5.02. The molecule has 0 unspecified atom stereocenters. The molecular formula is C14H11N3O4S. The first-order valence-corrected chi connectivity index (χ1v) is 6.54. The highest BCUT2D eigenvalue weighted by Crippen LogP contribution is 2.13. The van der Waals surface area contributed by atoms with E-state index in [0.717, 1.165) is 9.91 Å². The smallest absolute Gasteiger partial charge is 0.339 e. The summed E-state index contributed by atoms with van der Waals surface area (Å²) in [6, 6.07) is 5.87. The van der Waals surface area contributed by atoms with Crippen LogP contribution in [0.3, 0.4) is 0 Å². The van der Waals surface area contributed by atoms with E-state index in [1.807, 2.05) is 0 Å². The molecule has 112 valence electrons. The van der Waals surface area contributed by atoms with Crippen LogP contribution in [0, 0.1) is 0 Å². The van der Waals surface area contributed by atoms with Gasteiger partial charge in [-0.3, -0.25) is 14.5 Å². The molecule has 0 spiro atoms. The summed E-state index contributed by atoms with van der Waals surface area (Å²) in [4.78, 5) is 35.3. The number of thiocarbonyl (C=S) groups is 1. The standard InChI is InChI=1S/C14H11N3O4S/c1-2-7-16-11(18)12(19)17(14(16)22)15-8-9-3-5-10(6-4-9)13(20)21/h2-6,8H,1,7H2,(H,20,21)/b15-8+. The minimum absolute atomic E-state index is 0.0201. The van der Waals surface area contributed by atoms with Gasteiger partial charge in [-0.05, 0) is 29.9 Å². The van der Waals surface area contributed by atoms with Crippen molar-refractivity contribution in [1.82, 2.24) is 9.91 Å². The molecule has 0 saturated carbocycles. The van der Waals surface area contributed by atoms with E-state index in [1.54, 1.807) is 0 Å². The predicted molar refractivity (Wildman–Crippen MR) is 82.3 cm³/mol. The summed E-state index contributed by atoms with van der Waals surface area (Å²) in [6.07, 6.45) is 2.77. The molecule has 0 bridgehead atoms. The van der Waals surface area contributed by atoms with Gasteiger partial charge in [-0.2, -0.15) is 10.1 Å². The molecule has 2 rings (SSSR count). The van der Waals surface area contributed by atoms with Crippen LogP contribution >= 0.6 is 12.2 Å². The van der Waals surface area contributed by atoms with Crippen LogP contribution in [0.25, 0.3) is 0 Å². The van der Waals surface area contributed by atoms with Gasteiger partial charge in [0.2, 0.25) is 5.11 Å². The van der Waals surface area contributed by atoms with Gasteiger partial charge in [-0.15, -0.1) is 6.58 Å². The lowest BCUT2D eigenvalue weighted by Gasteiger charge is -2.12. The molecule has 22 heavy (non-hydrogen) atoms. The molecule has 0 radical (unpaired) electrons. The quantitative estimate of drug-likeness (QED) is 0.376. The number of nitrogens with zero attached hydrogens (tertiary/aromatic N) is 3. The number of aromatic carboxylic acids is 1. The molecule has 0 atom stereocenters. The zero-order valence-electron chi connectivity index (χ0n) is 11.3. The Morgan fingerprint density at radius 3 is 2.45 bits per heavy atom. The van der Waals surface area contributed by atoms with Crippen molar-refractivity contribution in [3.8, 4) is 0 Å². The molecule has 0 aliphatic carbocycles. The van der Waals surface area contributed by atoms with Gasteiger partial charge >= 0.3 is 17.8 Å². The first kappa shape index (κ1) is 15.5. The minimum Gasteiger partial charge on any atom is -0.478 e. The number of carboxylic acids is 1. The largest absolute Gasteiger partial charge is 0.478 e. The molecule has 1 fully saturated rings. The van der Waals surface area contributed by atoms with Gasteiger partial charge in [-0.1, -0.05) is 18.2 Å². The topological polar surface area (TPSA) is 90.3 Å². The number of benzene rings is 1. The van der Waals surface area contributed by atoms with Crippen molar-refractivity contribution in [3.63, 3.8) is 0 Å². The second-order valence-electron chi connectivity index (χ2n) is 4.28. The van der Waals surface area contributed by atoms with Gasteiger partial charge in [-0.25, -0.2) is 4.79 Å². The first-order chi connectivity index (χ1) is 10.5. The maximum absolute atomic E-state index is 11.8. The summed E-state index contributed by atoms with van der Waals surface area (Å²) < 4.78 is 0. The van der Waals surface area contributed by atoms with Crippen LogP contribution < -0.4 is 0 Å². The summed E-state index contributed by atoms with van der Waals surface area (Å²) in [6.45, 7) is 3.62. The molecule has 1 aromatic rings. The molecule has 7 nitrogen and oxygen atoms in total. The summed E-state index contributed by atoms with van der Waals surface area (Å²) in [7, 11) is 0. The Balaban J connectivity index is 2.17. The van der Waals surface area contributed by atoms with E-state index in [-0.39, 0.29) is 17.2 Å². The maximum Gasteiger partial charge on any atom is 0.339 e. The second kappa shape index (κ2) is 6.27. The van der Waals surface area contributed by atoms with E-state index in [4.69, 9.17) is 17.3 Å². The average molecular weight is 317 g/mol. The van der Waals surface area contributed by atoms with Crippen LogP contribution in [0.5, 0.6) is 0 Å². The number of rotatable bonds is 5. The van der Waals surface area contributed by atoms with Gasteiger partial charge in [0.1, 0.15) is 0 Å². The van der Waals surface area contributed by atoms with Crippen molar-refractivity contribution in [2.24, 2.45) is 5.10 Å². The van der Waals surface area contributed by atoms with Crippen LogP contribution in [0.4, 0.5) is 0 Å². The third-order valence-electron chi connectivity index (χ3n) is 2.82.